The number of H-pyrrole nitrogens is 1. The second kappa shape index (κ2) is 5.83. The number of nitrogens with zero attached hydrogens (tertiary/aromatic N) is 2. The minimum absolute atomic E-state index is 0.140. The minimum Gasteiger partial charge on any atom is -0.383 e. The summed E-state index contributed by atoms with van der Waals surface area (Å²) in [6, 6.07) is -0.140. The lowest BCUT2D eigenvalue weighted by Crippen LogP contribution is -2.34. The molecule has 1 aromatic heterocycles. The van der Waals surface area contributed by atoms with Gasteiger partial charge in [0.25, 0.3) is 0 Å². The van der Waals surface area contributed by atoms with Crippen molar-refractivity contribution >= 4 is 11.8 Å². The largest absolute Gasteiger partial charge is 0.383 e. The summed E-state index contributed by atoms with van der Waals surface area (Å²) in [5.74, 6) is 0.556. The number of aryl methyl sites for hydroxylation is 1. The van der Waals surface area contributed by atoms with Crippen molar-refractivity contribution < 1.29 is 4.74 Å². The van der Waals surface area contributed by atoms with Gasteiger partial charge in [0, 0.05) is 26.0 Å². The zero-order valence-corrected chi connectivity index (χ0v) is 9.91. The number of methoxy groups -OCH3 is 1. The molecule has 16 heavy (non-hydrogen) atoms. The monoisotopic (exact) mass is 246 g/mol. The molecule has 0 amide bonds. The molecule has 3 N–H and O–H groups in total. The normalized spacial score (nSPS) is 12.7. The number of hydrogen-bond acceptors (Lipinski definition) is 6. The van der Waals surface area contributed by atoms with Crippen LogP contribution in [0.5, 0.6) is 0 Å². The van der Waals surface area contributed by atoms with E-state index in [9.17, 15) is 9.59 Å². The first kappa shape index (κ1) is 12.9. The molecule has 0 spiro atoms. The molecule has 0 aromatic carbocycles. The van der Waals surface area contributed by atoms with Crippen molar-refractivity contribution in [2.75, 3.05) is 19.5 Å². The first-order valence-corrected chi connectivity index (χ1v) is 5.58. The van der Waals surface area contributed by atoms with Crippen molar-refractivity contribution in [2.24, 2.45) is 12.8 Å². The Morgan fingerprint density at radius 1 is 1.62 bits per heavy atom. The van der Waals surface area contributed by atoms with Crippen molar-refractivity contribution in [1.82, 2.24) is 14.8 Å². The Balaban J connectivity index is 2.71. The highest BCUT2D eigenvalue weighted by atomic mass is 32.2. The number of thioether (sulfide) groups is 1. The summed E-state index contributed by atoms with van der Waals surface area (Å²) in [5, 5.41) is 2.78. The number of aromatic amines is 1. The van der Waals surface area contributed by atoms with E-state index in [1.807, 2.05) is 0 Å². The van der Waals surface area contributed by atoms with Gasteiger partial charge in [0.1, 0.15) is 0 Å². The lowest BCUT2D eigenvalue weighted by atomic mass is 10.4. The second-order valence-electron chi connectivity index (χ2n) is 3.23. The summed E-state index contributed by atoms with van der Waals surface area (Å²) in [4.78, 5) is 25.6. The smallest absolute Gasteiger partial charge is 0.339 e. The molecule has 1 rings (SSSR count). The molecule has 0 aliphatic rings. The molecule has 0 bridgehead atoms. The summed E-state index contributed by atoms with van der Waals surface area (Å²) in [6.45, 7) is 0.435. The van der Waals surface area contributed by atoms with E-state index in [1.54, 1.807) is 14.2 Å². The molecular formula is C8H14N4O3S. The molecule has 1 heterocycles. The van der Waals surface area contributed by atoms with Gasteiger partial charge in [0.2, 0.25) is 0 Å². The summed E-state index contributed by atoms with van der Waals surface area (Å²) in [5.41, 5.74) is 4.20. The maximum Gasteiger partial charge on any atom is 0.339 e. The SMILES string of the molecule is COCC(N)CSc1nc(=O)c(=O)[nH]n1C. The lowest BCUT2D eigenvalue weighted by molar-refractivity contribution is 0.186. The average Bonchev–Trinajstić information content (AvgIpc) is 2.22. The van der Waals surface area contributed by atoms with E-state index >= 15 is 0 Å². The summed E-state index contributed by atoms with van der Waals surface area (Å²) in [6.07, 6.45) is 0. The molecule has 1 unspecified atom stereocenters. The van der Waals surface area contributed by atoms with Crippen LogP contribution >= 0.6 is 11.8 Å². The number of rotatable bonds is 5. The number of ether oxygens (including phenoxy) is 1. The predicted molar refractivity (Wildman–Crippen MR) is 60.7 cm³/mol. The first-order valence-electron chi connectivity index (χ1n) is 4.59. The van der Waals surface area contributed by atoms with Gasteiger partial charge >= 0.3 is 11.1 Å². The van der Waals surface area contributed by atoms with Crippen molar-refractivity contribution in [1.29, 1.82) is 0 Å². The molecule has 90 valence electrons. The second-order valence-corrected chi connectivity index (χ2v) is 4.21. The zero-order chi connectivity index (χ0) is 12.1. The van der Waals surface area contributed by atoms with E-state index in [1.165, 1.54) is 16.4 Å². The average molecular weight is 246 g/mol. The van der Waals surface area contributed by atoms with Gasteiger partial charge in [-0.1, -0.05) is 11.8 Å². The van der Waals surface area contributed by atoms with Crippen LogP contribution in [-0.2, 0) is 11.8 Å². The van der Waals surface area contributed by atoms with Crippen LogP contribution in [0, 0.1) is 0 Å². The van der Waals surface area contributed by atoms with Crippen LogP contribution in [0.2, 0.25) is 0 Å². The summed E-state index contributed by atoms with van der Waals surface area (Å²) >= 11 is 1.29. The summed E-state index contributed by atoms with van der Waals surface area (Å²) < 4.78 is 6.28. The van der Waals surface area contributed by atoms with Crippen LogP contribution in [0.1, 0.15) is 0 Å². The Kier molecular flexibility index (Phi) is 4.71. The van der Waals surface area contributed by atoms with Crippen LogP contribution in [0.3, 0.4) is 0 Å². The third-order valence-electron chi connectivity index (χ3n) is 1.75. The maximum absolute atomic E-state index is 11.0. The first-order chi connectivity index (χ1) is 7.54. The van der Waals surface area contributed by atoms with Crippen molar-refractivity contribution in [3.8, 4) is 0 Å². The summed E-state index contributed by atoms with van der Waals surface area (Å²) in [7, 11) is 3.18. The van der Waals surface area contributed by atoms with E-state index in [0.29, 0.717) is 17.5 Å². The Labute approximate surface area is 96.0 Å². The molecular weight excluding hydrogens is 232 g/mol. The van der Waals surface area contributed by atoms with Crippen LogP contribution < -0.4 is 16.9 Å². The molecule has 1 aromatic rings. The van der Waals surface area contributed by atoms with Gasteiger partial charge < -0.3 is 10.5 Å². The standard InChI is InChI=1S/C8H14N4O3S/c1-12-8(10-6(13)7(14)11-12)16-4-5(9)3-15-2/h5H,3-4,9H2,1-2H3,(H,11,14). The van der Waals surface area contributed by atoms with Gasteiger partial charge in [0.15, 0.2) is 5.16 Å². The number of nitrogens with one attached hydrogen (secondary N) is 1. The van der Waals surface area contributed by atoms with Crippen molar-refractivity contribution in [3.63, 3.8) is 0 Å². The third kappa shape index (κ3) is 3.47. The van der Waals surface area contributed by atoms with Crippen molar-refractivity contribution in [2.45, 2.75) is 11.2 Å². The highest BCUT2D eigenvalue weighted by Crippen LogP contribution is 2.11. The van der Waals surface area contributed by atoms with E-state index in [2.05, 4.69) is 10.1 Å². The number of hydrogen-bond donors (Lipinski definition) is 2. The molecule has 1 atom stereocenters. The van der Waals surface area contributed by atoms with Crippen molar-refractivity contribution in [3.05, 3.63) is 20.7 Å². The van der Waals surface area contributed by atoms with E-state index < -0.39 is 11.1 Å². The van der Waals surface area contributed by atoms with E-state index in [4.69, 9.17) is 10.5 Å². The predicted octanol–water partition coefficient (Wildman–Crippen LogP) is -1.47. The van der Waals surface area contributed by atoms with Crippen LogP contribution in [0.25, 0.3) is 0 Å². The quantitative estimate of drug-likeness (QED) is 0.486. The fourth-order valence-electron chi connectivity index (χ4n) is 1.03. The Morgan fingerprint density at radius 3 is 2.94 bits per heavy atom. The van der Waals surface area contributed by atoms with E-state index in [0.717, 1.165) is 0 Å². The topological polar surface area (TPSA) is 103 Å². The number of aromatic nitrogens is 3. The molecule has 0 saturated heterocycles. The fraction of sp³-hybridized carbons (Fsp3) is 0.625. The third-order valence-corrected chi connectivity index (χ3v) is 2.97. The number of nitrogens with two attached hydrogens (primary N) is 1. The van der Waals surface area contributed by atoms with Crippen LogP contribution in [0.15, 0.2) is 14.7 Å². The molecule has 0 saturated carbocycles. The molecule has 0 aliphatic carbocycles. The molecule has 0 fully saturated rings. The molecule has 0 radical (unpaired) electrons. The van der Waals surface area contributed by atoms with Crippen LogP contribution in [-0.4, -0.2) is 40.3 Å². The Hall–Kier alpha value is -1.12. The van der Waals surface area contributed by atoms with Crippen LogP contribution in [0.4, 0.5) is 0 Å². The van der Waals surface area contributed by atoms with Gasteiger partial charge in [-0.2, -0.15) is 4.98 Å². The zero-order valence-electron chi connectivity index (χ0n) is 9.10. The highest BCUT2D eigenvalue weighted by molar-refractivity contribution is 7.99. The van der Waals surface area contributed by atoms with Gasteiger partial charge in [-0.3, -0.25) is 19.4 Å². The van der Waals surface area contributed by atoms with Gasteiger partial charge in [-0.15, -0.1) is 0 Å². The Bertz CT molecular complexity index is 455. The molecule has 7 nitrogen and oxygen atoms in total. The van der Waals surface area contributed by atoms with Gasteiger partial charge in [-0.05, 0) is 0 Å². The maximum atomic E-state index is 11.0. The molecule has 8 heteroatoms. The molecule has 0 aliphatic heterocycles. The fourth-order valence-corrected chi connectivity index (χ4v) is 1.88. The van der Waals surface area contributed by atoms with E-state index in [-0.39, 0.29) is 6.04 Å². The van der Waals surface area contributed by atoms with Gasteiger partial charge in [-0.25, -0.2) is 0 Å². The van der Waals surface area contributed by atoms with Gasteiger partial charge in [0.05, 0.1) is 6.61 Å². The minimum atomic E-state index is -0.791. The lowest BCUT2D eigenvalue weighted by Gasteiger charge is -2.10. The Morgan fingerprint density at radius 2 is 2.31 bits per heavy atom. The highest BCUT2D eigenvalue weighted by Gasteiger charge is 2.07.